The van der Waals surface area contributed by atoms with Crippen LogP contribution >= 0.6 is 11.6 Å². The fourth-order valence-corrected chi connectivity index (χ4v) is 4.11. The molecule has 0 bridgehead atoms. The average molecular weight is 414 g/mol. The lowest BCUT2D eigenvalue weighted by Gasteiger charge is -2.30. The number of ether oxygens (including phenoxy) is 2. The number of halogens is 1. The maximum absolute atomic E-state index is 6.05. The number of methoxy groups -OCH3 is 1. The summed E-state index contributed by atoms with van der Waals surface area (Å²) in [5.41, 5.74) is 0.850. The Morgan fingerprint density at radius 2 is 2.07 bits per heavy atom. The Bertz CT molecular complexity index is 935. The SMILES string of the molecule is COc1c[c]ccc1OCCCCN1CCC(c2onc3cc(Cl)ccc23)CC1. The molecule has 0 aliphatic carbocycles. The minimum Gasteiger partial charge on any atom is -0.493 e. The van der Waals surface area contributed by atoms with Gasteiger partial charge in [-0.3, -0.25) is 0 Å². The van der Waals surface area contributed by atoms with E-state index in [-0.39, 0.29) is 0 Å². The molecule has 6 heteroatoms. The number of nitrogens with zero attached hydrogens (tertiary/aromatic N) is 2. The maximum Gasteiger partial charge on any atom is 0.161 e. The molecule has 3 aromatic rings. The van der Waals surface area contributed by atoms with Crippen LogP contribution in [0.4, 0.5) is 0 Å². The van der Waals surface area contributed by atoms with Gasteiger partial charge in [0.15, 0.2) is 11.5 Å². The molecule has 1 aliphatic heterocycles. The number of piperidine rings is 1. The molecule has 1 aliphatic rings. The van der Waals surface area contributed by atoms with E-state index in [1.165, 1.54) is 0 Å². The highest BCUT2D eigenvalue weighted by atomic mass is 35.5. The molecule has 2 heterocycles. The molecule has 0 amide bonds. The molecule has 1 fully saturated rings. The molecule has 4 rings (SSSR count). The van der Waals surface area contributed by atoms with Gasteiger partial charge in [0, 0.05) is 16.3 Å². The molecular formula is C23H26ClN2O3. The Hall–Kier alpha value is -2.24. The summed E-state index contributed by atoms with van der Waals surface area (Å²) in [6.07, 6.45) is 4.34. The van der Waals surface area contributed by atoms with Crippen molar-refractivity contribution in [2.75, 3.05) is 33.4 Å². The van der Waals surface area contributed by atoms with Gasteiger partial charge in [0.1, 0.15) is 11.3 Å². The summed E-state index contributed by atoms with van der Waals surface area (Å²) >= 11 is 6.05. The second kappa shape index (κ2) is 9.51. The summed E-state index contributed by atoms with van der Waals surface area (Å²) < 4.78 is 16.8. The number of hydrogen-bond acceptors (Lipinski definition) is 5. The summed E-state index contributed by atoms with van der Waals surface area (Å²) in [4.78, 5) is 2.53. The highest BCUT2D eigenvalue weighted by Crippen LogP contribution is 2.34. The molecule has 5 nitrogen and oxygen atoms in total. The van der Waals surface area contributed by atoms with Crippen molar-refractivity contribution in [2.24, 2.45) is 0 Å². The first-order valence-electron chi connectivity index (χ1n) is 10.2. The average Bonchev–Trinajstić information content (AvgIpc) is 3.17. The first-order valence-corrected chi connectivity index (χ1v) is 10.6. The highest BCUT2D eigenvalue weighted by Gasteiger charge is 2.25. The molecule has 29 heavy (non-hydrogen) atoms. The van der Waals surface area contributed by atoms with Crippen LogP contribution < -0.4 is 9.47 Å². The van der Waals surface area contributed by atoms with Gasteiger partial charge in [-0.2, -0.15) is 0 Å². The zero-order valence-corrected chi connectivity index (χ0v) is 17.5. The number of rotatable bonds is 8. The second-order valence-corrected chi connectivity index (χ2v) is 7.89. The Morgan fingerprint density at radius 1 is 1.21 bits per heavy atom. The minimum absolute atomic E-state index is 0.433. The number of hydrogen-bond donors (Lipinski definition) is 0. The molecule has 2 aromatic carbocycles. The van der Waals surface area contributed by atoms with Gasteiger partial charge in [0.25, 0.3) is 0 Å². The van der Waals surface area contributed by atoms with Crippen LogP contribution in [0.3, 0.4) is 0 Å². The van der Waals surface area contributed by atoms with Crippen LogP contribution in [0.25, 0.3) is 10.9 Å². The monoisotopic (exact) mass is 413 g/mol. The second-order valence-electron chi connectivity index (χ2n) is 7.46. The summed E-state index contributed by atoms with van der Waals surface area (Å²) in [5.74, 6) is 2.96. The van der Waals surface area contributed by atoms with Crippen molar-refractivity contribution in [1.82, 2.24) is 10.1 Å². The summed E-state index contributed by atoms with van der Waals surface area (Å²) in [5, 5.41) is 5.97. The third kappa shape index (κ3) is 4.85. The molecule has 0 N–H and O–H groups in total. The predicted octanol–water partition coefficient (Wildman–Crippen LogP) is 5.33. The number of aromatic nitrogens is 1. The minimum atomic E-state index is 0.433. The van der Waals surface area contributed by atoms with Crippen LogP contribution in [-0.2, 0) is 0 Å². The van der Waals surface area contributed by atoms with Crippen LogP contribution in [0.1, 0.15) is 37.4 Å². The molecule has 1 aromatic heterocycles. The zero-order valence-electron chi connectivity index (χ0n) is 16.7. The van der Waals surface area contributed by atoms with E-state index in [2.05, 4.69) is 16.1 Å². The fraction of sp³-hybridized carbons (Fsp3) is 0.435. The first-order chi connectivity index (χ1) is 14.2. The number of benzene rings is 2. The van der Waals surface area contributed by atoms with E-state index in [1.54, 1.807) is 13.2 Å². The lowest BCUT2D eigenvalue weighted by molar-refractivity contribution is 0.189. The topological polar surface area (TPSA) is 47.7 Å². The Morgan fingerprint density at radius 3 is 2.90 bits per heavy atom. The van der Waals surface area contributed by atoms with Gasteiger partial charge in [-0.05, 0) is 81.7 Å². The van der Waals surface area contributed by atoms with Crippen molar-refractivity contribution in [3.8, 4) is 11.5 Å². The van der Waals surface area contributed by atoms with Gasteiger partial charge in [-0.15, -0.1) is 0 Å². The van der Waals surface area contributed by atoms with Crippen LogP contribution in [0.2, 0.25) is 5.02 Å². The maximum atomic E-state index is 6.05. The van der Waals surface area contributed by atoms with Crippen molar-refractivity contribution < 1.29 is 14.0 Å². The number of unbranched alkanes of at least 4 members (excludes halogenated alkanes) is 1. The van der Waals surface area contributed by atoms with Crippen LogP contribution in [0, 0.1) is 6.07 Å². The lowest BCUT2D eigenvalue weighted by Crippen LogP contribution is -2.33. The Kier molecular flexibility index (Phi) is 6.57. The zero-order chi connectivity index (χ0) is 20.1. The number of likely N-dealkylation sites (tertiary alicyclic amines) is 1. The van der Waals surface area contributed by atoms with Gasteiger partial charge in [0.05, 0.1) is 13.7 Å². The largest absolute Gasteiger partial charge is 0.493 e. The van der Waals surface area contributed by atoms with Crippen LogP contribution in [-0.4, -0.2) is 43.4 Å². The summed E-state index contributed by atoms with van der Waals surface area (Å²) in [6, 6.07) is 14.3. The van der Waals surface area contributed by atoms with Gasteiger partial charge in [-0.25, -0.2) is 0 Å². The quantitative estimate of drug-likeness (QED) is 0.467. The van der Waals surface area contributed by atoms with Crippen molar-refractivity contribution in [2.45, 2.75) is 31.6 Å². The molecule has 0 atom stereocenters. The Balaban J connectivity index is 1.19. The Labute approximate surface area is 176 Å². The molecule has 1 saturated heterocycles. The van der Waals surface area contributed by atoms with E-state index in [4.69, 9.17) is 25.6 Å². The van der Waals surface area contributed by atoms with Gasteiger partial charge >= 0.3 is 0 Å². The normalized spacial score (nSPS) is 15.7. The van der Waals surface area contributed by atoms with Crippen molar-refractivity contribution >= 4 is 22.5 Å². The third-order valence-corrected chi connectivity index (χ3v) is 5.80. The summed E-state index contributed by atoms with van der Waals surface area (Å²) in [7, 11) is 1.65. The summed E-state index contributed by atoms with van der Waals surface area (Å²) in [6.45, 7) is 3.97. The predicted molar refractivity (Wildman–Crippen MR) is 114 cm³/mol. The first kappa shape index (κ1) is 20.0. The molecule has 1 radical (unpaired) electrons. The standard InChI is InChI=1S/C23H26ClN2O3/c1-27-21-6-2-3-7-22(21)28-15-5-4-12-26-13-10-17(11-14-26)23-19-9-8-18(24)16-20(19)25-29-23/h3,6-9,16-17H,4-5,10-15H2,1H3. The van der Waals surface area contributed by atoms with E-state index >= 15 is 0 Å². The molecular weight excluding hydrogens is 388 g/mol. The van der Waals surface area contributed by atoms with E-state index in [0.717, 1.165) is 73.5 Å². The molecule has 0 saturated carbocycles. The van der Waals surface area contributed by atoms with Gasteiger partial charge in [0.2, 0.25) is 0 Å². The van der Waals surface area contributed by atoms with Gasteiger partial charge < -0.3 is 18.9 Å². The molecule has 0 unspecified atom stereocenters. The molecule has 0 spiro atoms. The number of fused-ring (bicyclic) bond motifs is 1. The van der Waals surface area contributed by atoms with E-state index in [0.29, 0.717) is 17.5 Å². The lowest BCUT2D eigenvalue weighted by atomic mass is 9.92. The fourth-order valence-electron chi connectivity index (χ4n) is 3.95. The molecule has 153 valence electrons. The van der Waals surface area contributed by atoms with Gasteiger partial charge in [-0.1, -0.05) is 22.8 Å². The highest BCUT2D eigenvalue weighted by molar-refractivity contribution is 6.31. The van der Waals surface area contributed by atoms with Crippen LogP contribution in [0.15, 0.2) is 40.9 Å². The van der Waals surface area contributed by atoms with E-state index in [1.807, 2.05) is 30.3 Å². The van der Waals surface area contributed by atoms with E-state index in [9.17, 15) is 0 Å². The van der Waals surface area contributed by atoms with Crippen molar-refractivity contribution in [1.29, 1.82) is 0 Å². The smallest absolute Gasteiger partial charge is 0.161 e. The van der Waals surface area contributed by atoms with Crippen molar-refractivity contribution in [3.05, 3.63) is 53.2 Å². The third-order valence-electron chi connectivity index (χ3n) is 5.56. The van der Waals surface area contributed by atoms with Crippen molar-refractivity contribution in [3.63, 3.8) is 0 Å². The van der Waals surface area contributed by atoms with Crippen LogP contribution in [0.5, 0.6) is 11.5 Å². The van der Waals surface area contributed by atoms with E-state index < -0.39 is 0 Å².